The zero-order chi connectivity index (χ0) is 21.1. The summed E-state index contributed by atoms with van der Waals surface area (Å²) in [6.07, 6.45) is 0.815. The van der Waals surface area contributed by atoms with Gasteiger partial charge in [0.2, 0.25) is 0 Å². The number of carbonyl (C=O) groups is 3. The molecule has 3 amide bonds. The van der Waals surface area contributed by atoms with Crippen molar-refractivity contribution in [2.75, 3.05) is 25.1 Å². The molecule has 0 bridgehead atoms. The Morgan fingerprint density at radius 2 is 1.59 bits per heavy atom. The first-order valence-corrected chi connectivity index (χ1v) is 8.85. The topological polar surface area (TPSA) is 103 Å². The molecular weight excluding hydrogens is 383 g/mol. The number of urea groups is 1. The Labute approximate surface area is 166 Å². The van der Waals surface area contributed by atoms with Crippen LogP contribution in [0.25, 0.3) is 0 Å². The molecule has 0 atom stereocenters. The van der Waals surface area contributed by atoms with Crippen LogP contribution in [0.5, 0.6) is 11.5 Å². The van der Waals surface area contributed by atoms with E-state index >= 15 is 0 Å². The van der Waals surface area contributed by atoms with Crippen molar-refractivity contribution >= 4 is 23.6 Å². The average molecular weight is 404 g/mol. The molecule has 2 aromatic rings. The van der Waals surface area contributed by atoms with Crippen molar-refractivity contribution in [2.45, 2.75) is 13.3 Å². The number of amides is 3. The molecule has 0 unspecified atom stereocenters. The summed E-state index contributed by atoms with van der Waals surface area (Å²) in [6, 6.07) is 11.4. The van der Waals surface area contributed by atoms with Gasteiger partial charge in [-0.05, 0) is 30.7 Å². The number of carbonyl (C=O) groups excluding carboxylic acids is 3. The summed E-state index contributed by atoms with van der Waals surface area (Å²) in [5, 5.41) is 4.10. The Balaban J connectivity index is 1.73. The molecule has 0 radical (unpaired) electrons. The third-order valence-electron chi connectivity index (χ3n) is 3.40. The van der Waals surface area contributed by atoms with E-state index in [2.05, 4.69) is 5.32 Å². The second-order valence-corrected chi connectivity index (χ2v) is 5.73. The van der Waals surface area contributed by atoms with Gasteiger partial charge in [0.1, 0.15) is 5.82 Å². The maximum Gasteiger partial charge on any atom is 0.344 e. The first kappa shape index (κ1) is 21.7. The highest BCUT2D eigenvalue weighted by Crippen LogP contribution is 2.26. The lowest BCUT2D eigenvalue weighted by molar-refractivity contribution is -0.150. The van der Waals surface area contributed by atoms with Gasteiger partial charge in [0.15, 0.2) is 24.7 Å². The van der Waals surface area contributed by atoms with Crippen LogP contribution in [0, 0.1) is 5.82 Å². The minimum Gasteiger partial charge on any atom is -0.490 e. The number of halogens is 1. The molecule has 0 aliphatic heterocycles. The molecule has 0 aliphatic carbocycles. The van der Waals surface area contributed by atoms with Crippen molar-refractivity contribution in [1.82, 2.24) is 5.32 Å². The monoisotopic (exact) mass is 404 g/mol. The van der Waals surface area contributed by atoms with E-state index in [4.69, 9.17) is 14.2 Å². The van der Waals surface area contributed by atoms with E-state index in [1.165, 1.54) is 18.2 Å². The minimum atomic E-state index is -0.950. The van der Waals surface area contributed by atoms with E-state index in [1.807, 2.05) is 12.2 Å². The van der Waals surface area contributed by atoms with Gasteiger partial charge in [0, 0.05) is 0 Å². The van der Waals surface area contributed by atoms with E-state index in [0.717, 1.165) is 12.5 Å². The van der Waals surface area contributed by atoms with Crippen LogP contribution in [0.3, 0.4) is 0 Å². The van der Waals surface area contributed by atoms with Gasteiger partial charge >= 0.3 is 12.0 Å². The largest absolute Gasteiger partial charge is 0.490 e. The highest BCUT2D eigenvalue weighted by molar-refractivity contribution is 6.01. The molecule has 0 heterocycles. The van der Waals surface area contributed by atoms with Crippen molar-refractivity contribution < 1.29 is 33.0 Å². The molecule has 2 rings (SSSR count). The standard InChI is InChI=1S/C20H21FN2O6/c1-2-11-27-16-9-5-6-10-17(16)28-13-19(25)29-12-18(24)23-20(26)22-15-8-4-3-7-14(15)21/h3-10H,2,11-13H2,1H3,(H2,22,23,24,26). The predicted molar refractivity (Wildman–Crippen MR) is 102 cm³/mol. The SMILES string of the molecule is CCCOc1ccccc1OCC(=O)OCC(=O)NC(=O)Nc1ccccc1F. The summed E-state index contributed by atoms with van der Waals surface area (Å²) in [5.74, 6) is -1.47. The molecule has 2 N–H and O–H groups in total. The Morgan fingerprint density at radius 3 is 2.28 bits per heavy atom. The fraction of sp³-hybridized carbons (Fsp3) is 0.250. The zero-order valence-corrected chi connectivity index (χ0v) is 15.8. The van der Waals surface area contributed by atoms with Crippen LogP contribution in [-0.2, 0) is 14.3 Å². The summed E-state index contributed by atoms with van der Waals surface area (Å²) in [5.41, 5.74) is -0.0906. The van der Waals surface area contributed by atoms with Crippen LogP contribution < -0.4 is 20.1 Å². The van der Waals surface area contributed by atoms with Crippen molar-refractivity contribution in [3.8, 4) is 11.5 Å². The number of hydrogen-bond acceptors (Lipinski definition) is 6. The summed E-state index contributed by atoms with van der Waals surface area (Å²) >= 11 is 0. The van der Waals surface area contributed by atoms with Gasteiger partial charge in [-0.3, -0.25) is 10.1 Å². The van der Waals surface area contributed by atoms with Crippen LogP contribution in [0.2, 0.25) is 0 Å². The third kappa shape index (κ3) is 7.49. The smallest absolute Gasteiger partial charge is 0.344 e. The Kier molecular flexibility index (Phi) is 8.43. The predicted octanol–water partition coefficient (Wildman–Crippen LogP) is 2.88. The van der Waals surface area contributed by atoms with E-state index in [-0.39, 0.29) is 5.69 Å². The third-order valence-corrected chi connectivity index (χ3v) is 3.40. The maximum absolute atomic E-state index is 13.4. The fourth-order valence-corrected chi connectivity index (χ4v) is 2.10. The van der Waals surface area contributed by atoms with Gasteiger partial charge in [-0.25, -0.2) is 14.0 Å². The van der Waals surface area contributed by atoms with Crippen molar-refractivity contribution in [3.63, 3.8) is 0 Å². The molecule has 29 heavy (non-hydrogen) atoms. The van der Waals surface area contributed by atoms with Crippen LogP contribution in [0.1, 0.15) is 13.3 Å². The number of nitrogens with one attached hydrogen (secondary N) is 2. The second-order valence-electron chi connectivity index (χ2n) is 5.73. The number of esters is 1. The van der Waals surface area contributed by atoms with E-state index in [0.29, 0.717) is 18.1 Å². The van der Waals surface area contributed by atoms with Gasteiger partial charge in [-0.2, -0.15) is 0 Å². The first-order valence-electron chi connectivity index (χ1n) is 8.85. The molecule has 0 saturated carbocycles. The number of hydrogen-bond donors (Lipinski definition) is 2. The Hall–Kier alpha value is -3.62. The number of anilines is 1. The molecule has 0 saturated heterocycles. The van der Waals surface area contributed by atoms with Crippen molar-refractivity contribution in [2.24, 2.45) is 0 Å². The van der Waals surface area contributed by atoms with Crippen molar-refractivity contribution in [1.29, 1.82) is 0 Å². The van der Waals surface area contributed by atoms with Crippen LogP contribution >= 0.6 is 0 Å². The van der Waals surface area contributed by atoms with Crippen LogP contribution in [-0.4, -0.2) is 37.7 Å². The quantitative estimate of drug-likeness (QED) is 0.623. The first-order chi connectivity index (χ1) is 14.0. The second kappa shape index (κ2) is 11.3. The highest BCUT2D eigenvalue weighted by Gasteiger charge is 2.13. The molecule has 2 aromatic carbocycles. The number of imide groups is 1. The molecule has 154 valence electrons. The lowest BCUT2D eigenvalue weighted by Gasteiger charge is -2.12. The Morgan fingerprint density at radius 1 is 0.931 bits per heavy atom. The van der Waals surface area contributed by atoms with E-state index in [9.17, 15) is 18.8 Å². The van der Waals surface area contributed by atoms with Crippen molar-refractivity contribution in [3.05, 3.63) is 54.3 Å². The van der Waals surface area contributed by atoms with E-state index in [1.54, 1.807) is 24.3 Å². The molecule has 9 heteroatoms. The summed E-state index contributed by atoms with van der Waals surface area (Å²) in [7, 11) is 0. The van der Waals surface area contributed by atoms with E-state index < -0.39 is 36.9 Å². The van der Waals surface area contributed by atoms with Gasteiger partial charge in [0.25, 0.3) is 5.91 Å². The molecule has 8 nitrogen and oxygen atoms in total. The Bertz CT molecular complexity index is 858. The molecule has 0 spiro atoms. The molecule has 0 aromatic heterocycles. The normalized spacial score (nSPS) is 10.0. The summed E-state index contributed by atoms with van der Waals surface area (Å²) in [4.78, 5) is 35.1. The highest BCUT2D eigenvalue weighted by atomic mass is 19.1. The zero-order valence-electron chi connectivity index (χ0n) is 15.8. The lowest BCUT2D eigenvalue weighted by Crippen LogP contribution is -2.37. The summed E-state index contributed by atoms with van der Waals surface area (Å²) < 4.78 is 29.0. The molecule has 0 fully saturated rings. The lowest BCUT2D eigenvalue weighted by atomic mass is 10.3. The number of benzene rings is 2. The number of rotatable bonds is 9. The number of ether oxygens (including phenoxy) is 3. The average Bonchev–Trinajstić information content (AvgIpc) is 2.71. The van der Waals surface area contributed by atoms with Gasteiger partial charge < -0.3 is 19.5 Å². The summed E-state index contributed by atoms with van der Waals surface area (Å²) in [6.45, 7) is 1.32. The minimum absolute atomic E-state index is 0.0906. The fourth-order valence-electron chi connectivity index (χ4n) is 2.10. The number of para-hydroxylation sites is 3. The molecule has 0 aliphatic rings. The van der Waals surface area contributed by atoms with Gasteiger partial charge in [0.05, 0.1) is 12.3 Å². The molecular formula is C20H21FN2O6. The van der Waals surface area contributed by atoms with Gasteiger partial charge in [-0.1, -0.05) is 31.2 Å². The van der Waals surface area contributed by atoms with Gasteiger partial charge in [-0.15, -0.1) is 0 Å². The van der Waals surface area contributed by atoms with Crippen LogP contribution in [0.4, 0.5) is 14.9 Å². The maximum atomic E-state index is 13.4. The van der Waals surface area contributed by atoms with Crippen LogP contribution in [0.15, 0.2) is 48.5 Å².